The van der Waals surface area contributed by atoms with Crippen molar-refractivity contribution in [3.8, 4) is 0 Å². The van der Waals surface area contributed by atoms with Crippen molar-refractivity contribution in [2.75, 3.05) is 0 Å². The van der Waals surface area contributed by atoms with Crippen molar-refractivity contribution in [1.82, 2.24) is 0 Å². The predicted molar refractivity (Wildman–Crippen MR) is 37.3 cm³/mol. The van der Waals surface area contributed by atoms with Crippen LogP contribution in [0.4, 0.5) is 0 Å². The van der Waals surface area contributed by atoms with E-state index in [1.807, 2.05) is 12.5 Å². The molecule has 0 radical (unpaired) electrons. The molecular weight excluding hydrogens is 110 g/mol. The highest BCUT2D eigenvalue weighted by Gasteiger charge is 2.10. The second kappa shape index (κ2) is 2.23. The van der Waals surface area contributed by atoms with Gasteiger partial charge in [-0.15, -0.1) is 0 Å². The standard InChI is InChI=1S/C8H6N/c1-7-3-5-8(9-2)6-4-7/h3-6H,1H2/q+1. The van der Waals surface area contributed by atoms with Gasteiger partial charge in [0.15, 0.2) is 0 Å². The summed E-state index contributed by atoms with van der Waals surface area (Å²) in [5, 5.41) is 0. The quantitative estimate of drug-likeness (QED) is 0.427. The molecular formula is C8H6N+. The van der Waals surface area contributed by atoms with Crippen LogP contribution in [0.15, 0.2) is 36.1 Å². The third-order valence-corrected chi connectivity index (χ3v) is 1.07. The van der Waals surface area contributed by atoms with Crippen molar-refractivity contribution < 1.29 is 0 Å². The molecule has 42 valence electrons. The first-order valence-electron chi connectivity index (χ1n) is 2.62. The Bertz CT molecular complexity index is 225. The van der Waals surface area contributed by atoms with E-state index < -0.39 is 0 Å². The fourth-order valence-corrected chi connectivity index (χ4v) is 0.570. The minimum Gasteiger partial charge on any atom is -0.0970 e. The first kappa shape index (κ1) is 5.71. The van der Waals surface area contributed by atoms with Gasteiger partial charge in [-0.2, -0.15) is 0 Å². The molecule has 0 N–H and O–H groups in total. The van der Waals surface area contributed by atoms with Gasteiger partial charge in [0.1, 0.15) is 18.7 Å². The Hall–Kier alpha value is -1.42. The summed E-state index contributed by atoms with van der Waals surface area (Å²) in [6.07, 6.45) is 7.17. The minimum absolute atomic E-state index is 0.669. The maximum atomic E-state index is 6.62. The van der Waals surface area contributed by atoms with Gasteiger partial charge in [0.25, 0.3) is 0 Å². The van der Waals surface area contributed by atoms with Crippen LogP contribution in [0.5, 0.6) is 0 Å². The van der Waals surface area contributed by atoms with E-state index in [2.05, 4.69) is 11.4 Å². The lowest BCUT2D eigenvalue weighted by molar-refractivity contribution is 1.49. The highest BCUT2D eigenvalue weighted by Crippen LogP contribution is 2.12. The number of nitrogens with zero attached hydrogens (tertiary/aromatic N) is 1. The molecule has 9 heavy (non-hydrogen) atoms. The second-order valence-electron chi connectivity index (χ2n) is 1.78. The van der Waals surface area contributed by atoms with Crippen LogP contribution < -0.4 is 0 Å². The van der Waals surface area contributed by atoms with Crippen molar-refractivity contribution in [3.05, 3.63) is 53.9 Å². The molecule has 0 bridgehead atoms. The van der Waals surface area contributed by atoms with E-state index in [1.54, 1.807) is 12.2 Å². The van der Waals surface area contributed by atoms with E-state index in [0.717, 1.165) is 5.57 Å². The van der Waals surface area contributed by atoms with E-state index in [4.69, 9.17) is 6.57 Å². The smallest absolute Gasteiger partial charge is 0.0970 e. The van der Waals surface area contributed by atoms with E-state index in [1.165, 1.54) is 0 Å². The van der Waals surface area contributed by atoms with Gasteiger partial charge in [0, 0.05) is 12.5 Å². The predicted octanol–water partition coefficient (Wildman–Crippen LogP) is 2.12. The molecule has 0 saturated carbocycles. The molecule has 0 unspecified atom stereocenters. The van der Waals surface area contributed by atoms with Crippen LogP contribution >= 0.6 is 0 Å². The molecule has 1 rings (SSSR count). The molecule has 1 heteroatoms. The maximum Gasteiger partial charge on any atom is 0.390 e. The number of allylic oxidation sites excluding steroid dienone is 4. The summed E-state index contributed by atoms with van der Waals surface area (Å²) >= 11 is 0. The lowest BCUT2D eigenvalue weighted by Crippen LogP contribution is -1.81. The Morgan fingerprint density at radius 2 is 2.33 bits per heavy atom. The lowest BCUT2D eigenvalue weighted by Gasteiger charge is -1.85. The van der Waals surface area contributed by atoms with Crippen molar-refractivity contribution >= 4 is 0 Å². The van der Waals surface area contributed by atoms with Crippen molar-refractivity contribution in [2.24, 2.45) is 0 Å². The molecule has 1 aliphatic rings. The zero-order valence-electron chi connectivity index (χ0n) is 4.96. The van der Waals surface area contributed by atoms with Crippen molar-refractivity contribution in [2.45, 2.75) is 0 Å². The van der Waals surface area contributed by atoms with Gasteiger partial charge in [0.2, 0.25) is 0 Å². The molecule has 0 fully saturated rings. The number of hydrogen-bond acceptors (Lipinski definition) is 0. The Kier molecular flexibility index (Phi) is 1.42. The van der Waals surface area contributed by atoms with Gasteiger partial charge in [0.05, 0.1) is 5.57 Å². The van der Waals surface area contributed by atoms with Gasteiger partial charge in [-0.05, 0) is 6.58 Å². The molecule has 0 aliphatic heterocycles. The van der Waals surface area contributed by atoms with Crippen LogP contribution in [0.2, 0.25) is 0 Å². The average Bonchev–Trinajstić information content (AvgIpc) is 1.90. The minimum atomic E-state index is 0.669. The molecule has 0 heterocycles. The Labute approximate surface area is 54.8 Å². The maximum absolute atomic E-state index is 6.62. The molecule has 1 aliphatic carbocycles. The van der Waals surface area contributed by atoms with Crippen LogP contribution in [0, 0.1) is 13.0 Å². The van der Waals surface area contributed by atoms with Gasteiger partial charge in [-0.3, -0.25) is 0 Å². The van der Waals surface area contributed by atoms with Crippen LogP contribution in [-0.4, -0.2) is 0 Å². The first-order chi connectivity index (χ1) is 4.33. The fourth-order valence-electron chi connectivity index (χ4n) is 0.570. The van der Waals surface area contributed by atoms with Crippen molar-refractivity contribution in [3.63, 3.8) is 0 Å². The number of hydrogen-bond donors (Lipinski definition) is 0. The van der Waals surface area contributed by atoms with E-state index in [-0.39, 0.29) is 0 Å². The average molecular weight is 116 g/mol. The van der Waals surface area contributed by atoms with Crippen LogP contribution in [0.3, 0.4) is 0 Å². The van der Waals surface area contributed by atoms with Crippen LogP contribution in [0.25, 0.3) is 4.85 Å². The fraction of sp³-hybridized carbons (Fsp3) is 0. The number of rotatable bonds is 0. The summed E-state index contributed by atoms with van der Waals surface area (Å²) in [6.45, 7) is 10.3. The summed E-state index contributed by atoms with van der Waals surface area (Å²) in [6, 6.07) is 0. The highest BCUT2D eigenvalue weighted by atomic mass is 14.6. The largest absolute Gasteiger partial charge is 0.390 e. The molecule has 0 saturated heterocycles. The molecule has 0 spiro atoms. The summed E-state index contributed by atoms with van der Waals surface area (Å²) < 4.78 is 0. The second-order valence-corrected chi connectivity index (χ2v) is 1.78. The SMILES string of the molecule is [C-]#[N+]C1=C[CH+]C(=C)C=C1. The third-order valence-electron chi connectivity index (χ3n) is 1.07. The summed E-state index contributed by atoms with van der Waals surface area (Å²) in [5.41, 5.74) is 1.62. The molecule has 0 amide bonds. The van der Waals surface area contributed by atoms with E-state index in [0.29, 0.717) is 5.70 Å². The lowest BCUT2D eigenvalue weighted by atomic mass is 10.1. The van der Waals surface area contributed by atoms with Gasteiger partial charge in [-0.25, -0.2) is 0 Å². The summed E-state index contributed by atoms with van der Waals surface area (Å²) in [4.78, 5) is 3.23. The molecule has 1 nitrogen and oxygen atoms in total. The third kappa shape index (κ3) is 1.23. The normalized spacial score (nSPS) is 15.9. The highest BCUT2D eigenvalue weighted by molar-refractivity contribution is 5.43. The summed E-state index contributed by atoms with van der Waals surface area (Å²) in [7, 11) is 0. The molecule has 0 aromatic heterocycles. The Morgan fingerprint density at radius 3 is 2.78 bits per heavy atom. The first-order valence-corrected chi connectivity index (χ1v) is 2.62. The van der Waals surface area contributed by atoms with Crippen LogP contribution in [-0.2, 0) is 0 Å². The zero-order valence-corrected chi connectivity index (χ0v) is 4.96. The van der Waals surface area contributed by atoms with E-state index in [9.17, 15) is 0 Å². The van der Waals surface area contributed by atoms with Crippen molar-refractivity contribution in [1.29, 1.82) is 0 Å². The monoisotopic (exact) mass is 116 g/mol. The molecule has 0 atom stereocenters. The van der Waals surface area contributed by atoms with Gasteiger partial charge in [-0.1, -0.05) is 4.85 Å². The zero-order chi connectivity index (χ0) is 6.69. The Morgan fingerprint density at radius 1 is 1.56 bits per heavy atom. The Balaban J connectivity index is 2.77. The summed E-state index contributed by atoms with van der Waals surface area (Å²) in [5.74, 6) is 0. The van der Waals surface area contributed by atoms with Crippen LogP contribution in [0.1, 0.15) is 0 Å². The van der Waals surface area contributed by atoms with Gasteiger partial charge < -0.3 is 0 Å². The van der Waals surface area contributed by atoms with E-state index >= 15 is 0 Å². The molecule has 0 aromatic rings. The molecule has 0 aromatic carbocycles. The topological polar surface area (TPSA) is 4.36 Å². The van der Waals surface area contributed by atoms with Gasteiger partial charge >= 0.3 is 5.70 Å².